The molecule has 0 unspecified atom stereocenters. The SMILES string of the molecule is Cc1ccc(OC=CCc2ccccc2)cc1. The molecule has 0 spiro atoms. The molecule has 0 saturated carbocycles. The van der Waals surface area contributed by atoms with Crippen molar-refractivity contribution in [3.63, 3.8) is 0 Å². The summed E-state index contributed by atoms with van der Waals surface area (Å²) >= 11 is 0. The zero-order valence-corrected chi connectivity index (χ0v) is 9.97. The van der Waals surface area contributed by atoms with Gasteiger partial charge in [0.15, 0.2) is 0 Å². The van der Waals surface area contributed by atoms with Gasteiger partial charge in [-0.15, -0.1) is 0 Å². The Labute approximate surface area is 102 Å². The van der Waals surface area contributed by atoms with Gasteiger partial charge in [0.25, 0.3) is 0 Å². The van der Waals surface area contributed by atoms with Crippen LogP contribution in [-0.4, -0.2) is 0 Å². The van der Waals surface area contributed by atoms with Crippen molar-refractivity contribution in [2.45, 2.75) is 13.3 Å². The van der Waals surface area contributed by atoms with E-state index in [0.29, 0.717) is 0 Å². The number of aryl methyl sites for hydroxylation is 1. The third-order valence-corrected chi connectivity index (χ3v) is 2.52. The van der Waals surface area contributed by atoms with Gasteiger partial charge in [0.05, 0.1) is 6.26 Å². The second-order valence-electron chi connectivity index (χ2n) is 3.99. The molecule has 0 amide bonds. The summed E-state index contributed by atoms with van der Waals surface area (Å²) in [5.74, 6) is 0.875. The molecule has 0 heterocycles. The Morgan fingerprint density at radius 3 is 2.35 bits per heavy atom. The molecule has 0 saturated heterocycles. The topological polar surface area (TPSA) is 9.23 Å². The molecule has 17 heavy (non-hydrogen) atoms. The highest BCUT2D eigenvalue weighted by Gasteiger charge is 1.89. The van der Waals surface area contributed by atoms with Crippen molar-refractivity contribution in [2.24, 2.45) is 0 Å². The number of benzene rings is 2. The third-order valence-electron chi connectivity index (χ3n) is 2.52. The zero-order chi connectivity index (χ0) is 11.9. The van der Waals surface area contributed by atoms with Crippen molar-refractivity contribution in [3.05, 3.63) is 78.1 Å². The highest BCUT2D eigenvalue weighted by atomic mass is 16.5. The van der Waals surface area contributed by atoms with E-state index in [-0.39, 0.29) is 0 Å². The predicted octanol–water partition coefficient (Wildman–Crippen LogP) is 4.13. The van der Waals surface area contributed by atoms with Crippen LogP contribution in [0.3, 0.4) is 0 Å². The van der Waals surface area contributed by atoms with E-state index in [0.717, 1.165) is 12.2 Å². The third kappa shape index (κ3) is 3.80. The number of allylic oxidation sites excluding steroid dienone is 1. The smallest absolute Gasteiger partial charge is 0.126 e. The van der Waals surface area contributed by atoms with Gasteiger partial charge >= 0.3 is 0 Å². The molecule has 0 aliphatic heterocycles. The first-order valence-corrected chi connectivity index (χ1v) is 5.77. The summed E-state index contributed by atoms with van der Waals surface area (Å²) in [5, 5.41) is 0. The van der Waals surface area contributed by atoms with Crippen molar-refractivity contribution < 1.29 is 4.74 Å². The zero-order valence-electron chi connectivity index (χ0n) is 9.97. The molecule has 0 aliphatic rings. The average molecular weight is 224 g/mol. The summed E-state index contributed by atoms with van der Waals surface area (Å²) in [6.07, 6.45) is 4.67. The lowest BCUT2D eigenvalue weighted by atomic mass is 10.2. The monoisotopic (exact) mass is 224 g/mol. The maximum Gasteiger partial charge on any atom is 0.126 e. The van der Waals surface area contributed by atoms with Gasteiger partial charge < -0.3 is 4.74 Å². The molecule has 0 N–H and O–H groups in total. The fourth-order valence-corrected chi connectivity index (χ4v) is 1.54. The van der Waals surface area contributed by atoms with Crippen LogP contribution in [0.25, 0.3) is 0 Å². The largest absolute Gasteiger partial charge is 0.465 e. The van der Waals surface area contributed by atoms with E-state index >= 15 is 0 Å². The molecule has 0 aromatic heterocycles. The van der Waals surface area contributed by atoms with Gasteiger partial charge in [0, 0.05) is 0 Å². The first-order chi connectivity index (χ1) is 8.34. The molecular weight excluding hydrogens is 208 g/mol. The Balaban J connectivity index is 1.84. The van der Waals surface area contributed by atoms with E-state index in [1.165, 1.54) is 11.1 Å². The maximum absolute atomic E-state index is 5.50. The normalized spacial score (nSPS) is 10.6. The van der Waals surface area contributed by atoms with Crippen molar-refractivity contribution >= 4 is 0 Å². The summed E-state index contributed by atoms with van der Waals surface area (Å²) in [4.78, 5) is 0. The molecule has 86 valence electrons. The van der Waals surface area contributed by atoms with E-state index in [1.807, 2.05) is 48.5 Å². The van der Waals surface area contributed by atoms with Crippen molar-refractivity contribution in [2.75, 3.05) is 0 Å². The van der Waals surface area contributed by atoms with Crippen molar-refractivity contribution in [3.8, 4) is 5.75 Å². The molecule has 2 aromatic rings. The summed E-state index contributed by atoms with van der Waals surface area (Å²) in [7, 11) is 0. The van der Waals surface area contributed by atoms with E-state index in [1.54, 1.807) is 6.26 Å². The predicted molar refractivity (Wildman–Crippen MR) is 71.1 cm³/mol. The lowest BCUT2D eigenvalue weighted by molar-refractivity contribution is 0.479. The Bertz CT molecular complexity index is 469. The first-order valence-electron chi connectivity index (χ1n) is 5.77. The standard InChI is InChI=1S/C16H16O/c1-14-9-11-16(12-10-14)17-13-5-8-15-6-3-2-4-7-15/h2-7,9-13H,8H2,1H3. The highest BCUT2D eigenvalue weighted by molar-refractivity contribution is 5.27. The second kappa shape index (κ2) is 5.90. The molecule has 2 aromatic carbocycles. The van der Waals surface area contributed by atoms with E-state index < -0.39 is 0 Å². The number of hydrogen-bond donors (Lipinski definition) is 0. The fourth-order valence-electron chi connectivity index (χ4n) is 1.54. The van der Waals surface area contributed by atoms with Crippen LogP contribution in [0.5, 0.6) is 5.75 Å². The number of rotatable bonds is 4. The minimum absolute atomic E-state index is 0.875. The Morgan fingerprint density at radius 1 is 0.941 bits per heavy atom. The Morgan fingerprint density at radius 2 is 1.65 bits per heavy atom. The quantitative estimate of drug-likeness (QED) is 0.709. The van der Waals surface area contributed by atoms with Crippen LogP contribution in [0.2, 0.25) is 0 Å². The fraction of sp³-hybridized carbons (Fsp3) is 0.125. The molecular formula is C16H16O. The Hall–Kier alpha value is -2.02. The molecule has 0 bridgehead atoms. The van der Waals surface area contributed by atoms with E-state index in [2.05, 4.69) is 19.1 Å². The van der Waals surface area contributed by atoms with Crippen molar-refractivity contribution in [1.82, 2.24) is 0 Å². The minimum Gasteiger partial charge on any atom is -0.465 e. The van der Waals surface area contributed by atoms with E-state index in [4.69, 9.17) is 4.74 Å². The summed E-state index contributed by atoms with van der Waals surface area (Å²) in [6, 6.07) is 18.4. The van der Waals surface area contributed by atoms with Crippen LogP contribution in [0.1, 0.15) is 11.1 Å². The summed E-state index contributed by atoms with van der Waals surface area (Å²) in [6.45, 7) is 2.06. The van der Waals surface area contributed by atoms with Gasteiger partial charge in [-0.25, -0.2) is 0 Å². The number of ether oxygens (including phenoxy) is 1. The van der Waals surface area contributed by atoms with Gasteiger partial charge in [-0.1, -0.05) is 48.0 Å². The van der Waals surface area contributed by atoms with Crippen LogP contribution in [-0.2, 0) is 6.42 Å². The summed E-state index contributed by atoms with van der Waals surface area (Å²) in [5.41, 5.74) is 2.53. The molecule has 0 fully saturated rings. The van der Waals surface area contributed by atoms with Crippen LogP contribution >= 0.6 is 0 Å². The van der Waals surface area contributed by atoms with Crippen LogP contribution < -0.4 is 4.74 Å². The Kier molecular flexibility index (Phi) is 3.98. The molecule has 0 aliphatic carbocycles. The van der Waals surface area contributed by atoms with Gasteiger partial charge in [0.2, 0.25) is 0 Å². The highest BCUT2D eigenvalue weighted by Crippen LogP contribution is 2.11. The lowest BCUT2D eigenvalue weighted by Crippen LogP contribution is -1.84. The average Bonchev–Trinajstić information content (AvgIpc) is 2.38. The van der Waals surface area contributed by atoms with Gasteiger partial charge in [-0.2, -0.15) is 0 Å². The van der Waals surface area contributed by atoms with E-state index in [9.17, 15) is 0 Å². The molecule has 2 rings (SSSR count). The second-order valence-corrected chi connectivity index (χ2v) is 3.99. The van der Waals surface area contributed by atoms with Crippen LogP contribution in [0.15, 0.2) is 66.9 Å². The summed E-state index contributed by atoms with van der Waals surface area (Å²) < 4.78 is 5.50. The first kappa shape index (κ1) is 11.5. The van der Waals surface area contributed by atoms with Crippen molar-refractivity contribution in [1.29, 1.82) is 0 Å². The lowest BCUT2D eigenvalue weighted by Gasteiger charge is -2.00. The molecule has 0 atom stereocenters. The molecule has 1 heteroatoms. The van der Waals surface area contributed by atoms with Crippen LogP contribution in [0, 0.1) is 6.92 Å². The number of hydrogen-bond acceptors (Lipinski definition) is 1. The van der Waals surface area contributed by atoms with Gasteiger partial charge in [-0.05, 0) is 37.1 Å². The van der Waals surface area contributed by atoms with Gasteiger partial charge in [-0.3, -0.25) is 0 Å². The minimum atomic E-state index is 0.875. The molecule has 1 nitrogen and oxygen atoms in total. The van der Waals surface area contributed by atoms with Gasteiger partial charge in [0.1, 0.15) is 5.75 Å². The maximum atomic E-state index is 5.50. The van der Waals surface area contributed by atoms with Crippen LogP contribution in [0.4, 0.5) is 0 Å². The molecule has 0 radical (unpaired) electrons.